The van der Waals surface area contributed by atoms with E-state index in [1.807, 2.05) is 0 Å². The van der Waals surface area contributed by atoms with E-state index in [0.29, 0.717) is 16.8 Å². The first kappa shape index (κ1) is 29.5. The molecule has 0 bridgehead atoms. The summed E-state index contributed by atoms with van der Waals surface area (Å²) in [5.74, 6) is -1.62. The van der Waals surface area contributed by atoms with Gasteiger partial charge in [-0.2, -0.15) is 0 Å². The van der Waals surface area contributed by atoms with Crippen LogP contribution in [-0.2, 0) is 35.0 Å². The van der Waals surface area contributed by atoms with Crippen LogP contribution in [0.25, 0.3) is 0 Å². The molecule has 2 heterocycles. The largest absolute Gasteiger partial charge is 0.508 e. The molecule has 0 saturated carbocycles. The minimum absolute atomic E-state index is 0.0188. The summed E-state index contributed by atoms with van der Waals surface area (Å²) in [6, 6.07) is 11.6. The van der Waals surface area contributed by atoms with E-state index in [1.165, 1.54) is 25.0 Å². The number of urea groups is 1. The molecule has 216 valence electrons. The molecule has 2 amide bonds. The number of phenols is 1. The molecular weight excluding hydrogens is 520 g/mol. The maximum absolute atomic E-state index is 13.9. The molecule has 2 saturated heterocycles. The maximum atomic E-state index is 13.9. The highest BCUT2D eigenvalue weighted by atomic mass is 16.8. The second kappa shape index (κ2) is 12.3. The van der Waals surface area contributed by atoms with Gasteiger partial charge in [-0.15, -0.1) is 0 Å². The van der Waals surface area contributed by atoms with Crippen LogP contribution in [0.15, 0.2) is 48.5 Å². The summed E-state index contributed by atoms with van der Waals surface area (Å²) in [6.45, 7) is 6.73. The standard InChI is InChI=1S/C29H36N2O9/c1-6-37-23(34)15-21(24-25(36-5)26-27(38-24)40-29(3,4)39-26)31(16-19-10-7-8-13-22(19)33)28(35)30-20-12-9-11-18(14-20)17(2)32/h7-14,21,24-27,33H,6,15-16H2,1-5H3,(H,30,35)/t21?,24-,25+,26-,27-/m1/s1. The molecule has 0 radical (unpaired) electrons. The van der Waals surface area contributed by atoms with Crippen molar-refractivity contribution in [1.82, 2.24) is 4.90 Å². The number of nitrogens with zero attached hydrogens (tertiary/aromatic N) is 1. The van der Waals surface area contributed by atoms with E-state index in [2.05, 4.69) is 5.32 Å². The van der Waals surface area contributed by atoms with Gasteiger partial charge in [0, 0.05) is 23.9 Å². The lowest BCUT2D eigenvalue weighted by molar-refractivity contribution is -0.223. The number of benzene rings is 2. The molecule has 11 nitrogen and oxygen atoms in total. The van der Waals surface area contributed by atoms with Crippen LogP contribution in [0.2, 0.25) is 0 Å². The summed E-state index contributed by atoms with van der Waals surface area (Å²) < 4.78 is 29.2. The van der Waals surface area contributed by atoms with Crippen molar-refractivity contribution in [3.05, 3.63) is 59.7 Å². The van der Waals surface area contributed by atoms with Crippen LogP contribution in [0.3, 0.4) is 0 Å². The van der Waals surface area contributed by atoms with E-state index in [0.717, 1.165) is 0 Å². The first-order chi connectivity index (χ1) is 19.0. The van der Waals surface area contributed by atoms with Gasteiger partial charge in [0.05, 0.1) is 25.6 Å². The van der Waals surface area contributed by atoms with Crippen LogP contribution in [0.1, 0.15) is 50.0 Å². The first-order valence-electron chi connectivity index (χ1n) is 13.2. The van der Waals surface area contributed by atoms with E-state index in [1.54, 1.807) is 63.2 Å². The van der Waals surface area contributed by atoms with Crippen molar-refractivity contribution >= 4 is 23.5 Å². The van der Waals surface area contributed by atoms with Crippen LogP contribution in [0, 0.1) is 0 Å². The number of rotatable bonds is 10. The average Bonchev–Trinajstić information content (AvgIpc) is 3.38. The van der Waals surface area contributed by atoms with Crippen LogP contribution in [-0.4, -0.2) is 77.9 Å². The number of phenolic OH excluding ortho intramolecular Hbond substituents is 1. The Morgan fingerprint density at radius 3 is 2.55 bits per heavy atom. The fourth-order valence-corrected chi connectivity index (χ4v) is 5.06. The van der Waals surface area contributed by atoms with E-state index in [4.69, 9.17) is 23.7 Å². The minimum Gasteiger partial charge on any atom is -0.508 e. The van der Waals surface area contributed by atoms with E-state index in [-0.39, 0.29) is 31.1 Å². The second-order valence-electron chi connectivity index (χ2n) is 10.2. The molecule has 2 aliphatic heterocycles. The average molecular weight is 557 g/mol. The lowest BCUT2D eigenvalue weighted by Gasteiger charge is -2.37. The number of para-hydroxylation sites is 1. The molecule has 2 aliphatic rings. The molecule has 1 unspecified atom stereocenters. The van der Waals surface area contributed by atoms with Crippen LogP contribution in [0.4, 0.5) is 10.5 Å². The molecule has 5 atom stereocenters. The molecule has 0 aliphatic carbocycles. The lowest BCUT2D eigenvalue weighted by atomic mass is 9.98. The molecule has 11 heteroatoms. The maximum Gasteiger partial charge on any atom is 0.322 e. The Bertz CT molecular complexity index is 1230. The zero-order valence-electron chi connectivity index (χ0n) is 23.3. The van der Waals surface area contributed by atoms with Gasteiger partial charge < -0.3 is 39.0 Å². The third-order valence-corrected chi connectivity index (χ3v) is 6.87. The quantitative estimate of drug-likeness (QED) is 0.331. The van der Waals surface area contributed by atoms with Gasteiger partial charge in [0.2, 0.25) is 0 Å². The minimum atomic E-state index is -0.916. The fraction of sp³-hybridized carbons (Fsp3) is 0.483. The molecule has 4 rings (SSSR count). The Labute approximate surface area is 233 Å². The van der Waals surface area contributed by atoms with Gasteiger partial charge in [-0.05, 0) is 45.9 Å². The van der Waals surface area contributed by atoms with Gasteiger partial charge in [-0.1, -0.05) is 30.3 Å². The van der Waals surface area contributed by atoms with Gasteiger partial charge in [-0.25, -0.2) is 4.79 Å². The number of nitrogens with one attached hydrogen (secondary N) is 1. The smallest absolute Gasteiger partial charge is 0.322 e. The highest BCUT2D eigenvalue weighted by Gasteiger charge is 2.58. The normalized spacial score (nSPS) is 23.7. The number of hydrogen-bond acceptors (Lipinski definition) is 9. The number of fused-ring (bicyclic) bond motifs is 1. The highest BCUT2D eigenvalue weighted by molar-refractivity contribution is 5.96. The number of hydrogen-bond donors (Lipinski definition) is 2. The number of aromatic hydroxyl groups is 1. The van der Waals surface area contributed by atoms with Crippen LogP contribution >= 0.6 is 0 Å². The number of ether oxygens (including phenoxy) is 5. The van der Waals surface area contributed by atoms with Crippen molar-refractivity contribution in [1.29, 1.82) is 0 Å². The molecule has 2 N–H and O–H groups in total. The Morgan fingerprint density at radius 1 is 1.12 bits per heavy atom. The van der Waals surface area contributed by atoms with Crippen molar-refractivity contribution < 1.29 is 43.2 Å². The predicted molar refractivity (Wildman–Crippen MR) is 144 cm³/mol. The van der Waals surface area contributed by atoms with E-state index < -0.39 is 48.4 Å². The number of carbonyl (C=O) groups excluding carboxylic acids is 3. The van der Waals surface area contributed by atoms with Crippen molar-refractivity contribution in [2.75, 3.05) is 19.0 Å². The number of ketones is 1. The molecule has 0 aromatic heterocycles. The third-order valence-electron chi connectivity index (χ3n) is 6.87. The second-order valence-corrected chi connectivity index (χ2v) is 10.2. The number of esters is 1. The zero-order valence-corrected chi connectivity index (χ0v) is 23.3. The topological polar surface area (TPSA) is 133 Å². The summed E-state index contributed by atoms with van der Waals surface area (Å²) in [5, 5.41) is 13.4. The summed E-state index contributed by atoms with van der Waals surface area (Å²) in [6.07, 6.45) is -3.14. The van der Waals surface area contributed by atoms with Gasteiger partial charge in [-0.3, -0.25) is 9.59 Å². The first-order valence-corrected chi connectivity index (χ1v) is 13.2. The van der Waals surface area contributed by atoms with Gasteiger partial charge in [0.15, 0.2) is 17.9 Å². The molecule has 2 aromatic rings. The Balaban J connectivity index is 1.72. The van der Waals surface area contributed by atoms with Gasteiger partial charge in [0.25, 0.3) is 0 Å². The van der Waals surface area contributed by atoms with Crippen LogP contribution < -0.4 is 5.32 Å². The summed E-state index contributed by atoms with van der Waals surface area (Å²) in [5.41, 5.74) is 1.26. The Morgan fingerprint density at radius 2 is 1.88 bits per heavy atom. The summed E-state index contributed by atoms with van der Waals surface area (Å²) >= 11 is 0. The third kappa shape index (κ3) is 6.61. The van der Waals surface area contributed by atoms with Crippen molar-refractivity contribution in [3.8, 4) is 5.75 Å². The molecule has 40 heavy (non-hydrogen) atoms. The van der Waals surface area contributed by atoms with Gasteiger partial charge in [0.1, 0.15) is 24.1 Å². The number of amides is 2. The van der Waals surface area contributed by atoms with Crippen molar-refractivity contribution in [2.24, 2.45) is 0 Å². The highest BCUT2D eigenvalue weighted by Crippen LogP contribution is 2.41. The Hall–Kier alpha value is -3.51. The molecule has 2 aromatic carbocycles. The SMILES string of the molecule is CCOC(=O)CC([C@H]1O[C@@H]2OC(C)(C)O[C@@H]2[C@H]1OC)N(Cc1ccccc1O)C(=O)Nc1cccc(C(C)=O)c1. The predicted octanol–water partition coefficient (Wildman–Crippen LogP) is 3.84. The number of anilines is 1. The molecule has 0 spiro atoms. The monoisotopic (exact) mass is 556 g/mol. The number of methoxy groups -OCH3 is 1. The van der Waals surface area contributed by atoms with Crippen LogP contribution in [0.5, 0.6) is 5.75 Å². The lowest BCUT2D eigenvalue weighted by Crippen LogP contribution is -2.54. The number of carbonyl (C=O) groups is 3. The van der Waals surface area contributed by atoms with E-state index in [9.17, 15) is 19.5 Å². The Kier molecular flexibility index (Phi) is 9.09. The van der Waals surface area contributed by atoms with Gasteiger partial charge >= 0.3 is 12.0 Å². The zero-order chi connectivity index (χ0) is 29.0. The summed E-state index contributed by atoms with van der Waals surface area (Å²) in [7, 11) is 1.50. The van der Waals surface area contributed by atoms with Crippen molar-refractivity contribution in [2.45, 2.75) is 77.1 Å². The van der Waals surface area contributed by atoms with Crippen molar-refractivity contribution in [3.63, 3.8) is 0 Å². The number of Topliss-reactive ketones (excluding diaryl/α,β-unsaturated/α-hetero) is 1. The fourth-order valence-electron chi connectivity index (χ4n) is 5.06. The molecular formula is C29H36N2O9. The molecule has 2 fully saturated rings. The summed E-state index contributed by atoms with van der Waals surface area (Å²) in [4.78, 5) is 40.1. The van der Waals surface area contributed by atoms with E-state index >= 15 is 0 Å².